The largest absolute Gasteiger partial charge is 0.299 e. The molecule has 5 rings (SSSR count). The molecule has 0 aromatic rings. The van der Waals surface area contributed by atoms with Gasteiger partial charge in [0.1, 0.15) is 12.0 Å². The molecule has 0 radical (unpaired) electrons. The summed E-state index contributed by atoms with van der Waals surface area (Å²) in [5.74, 6) is 1.72. The Morgan fingerprint density at radius 3 is 2.75 bits per heavy atom. The molecule has 0 N–H and O–H groups in total. The summed E-state index contributed by atoms with van der Waals surface area (Å²) in [7, 11) is 0. The van der Waals surface area contributed by atoms with Gasteiger partial charge in [-0.1, -0.05) is 35.4 Å². The predicted molar refractivity (Wildman–Crippen MR) is 92.5 cm³/mol. The third-order valence-electron chi connectivity index (χ3n) is 8.45. The highest BCUT2D eigenvalue weighted by Gasteiger charge is 2.76. The maximum absolute atomic E-state index is 15.7. The van der Waals surface area contributed by atoms with Crippen molar-refractivity contribution in [3.63, 3.8) is 0 Å². The van der Waals surface area contributed by atoms with Crippen LogP contribution in [-0.4, -0.2) is 22.1 Å². The van der Waals surface area contributed by atoms with Gasteiger partial charge < -0.3 is 0 Å². The van der Waals surface area contributed by atoms with Crippen molar-refractivity contribution in [1.29, 1.82) is 0 Å². The first kappa shape index (κ1) is 15.7. The molecule has 2 nitrogen and oxygen atoms in total. The van der Waals surface area contributed by atoms with E-state index in [4.69, 9.17) is 0 Å². The third kappa shape index (κ3) is 1.54. The van der Waals surface area contributed by atoms with E-state index in [0.717, 1.165) is 31.3 Å². The number of ketones is 2. The van der Waals surface area contributed by atoms with E-state index < -0.39 is 15.9 Å². The molecule has 0 spiro atoms. The molecule has 0 amide bonds. The highest BCUT2D eigenvalue weighted by Crippen LogP contribution is 2.75. The lowest BCUT2D eigenvalue weighted by atomic mass is 9.46. The van der Waals surface area contributed by atoms with Crippen LogP contribution in [0.3, 0.4) is 0 Å². The van der Waals surface area contributed by atoms with E-state index in [1.54, 1.807) is 6.08 Å². The molecule has 0 aromatic heterocycles. The lowest BCUT2D eigenvalue weighted by molar-refractivity contribution is -0.139. The van der Waals surface area contributed by atoms with Crippen LogP contribution >= 0.6 is 15.9 Å². The molecule has 0 heterocycles. The SMILES string of the molecule is C[C@]12CCC(=O)C=C1CCC1C3[C@@H]4C[C@@H]4C(=O)[C@@]3(C)C[C@H](F)[C@@]12Br. The number of hydrogen-bond donors (Lipinski definition) is 0. The Labute approximate surface area is 150 Å². The van der Waals surface area contributed by atoms with Crippen molar-refractivity contribution in [3.8, 4) is 0 Å². The van der Waals surface area contributed by atoms with Crippen molar-refractivity contribution in [1.82, 2.24) is 0 Å². The summed E-state index contributed by atoms with van der Waals surface area (Å²) in [6.07, 6.45) is 5.15. The van der Waals surface area contributed by atoms with E-state index >= 15 is 4.39 Å². The molecule has 2 unspecified atom stereocenters. The van der Waals surface area contributed by atoms with Crippen molar-refractivity contribution in [2.24, 2.45) is 34.5 Å². The minimum atomic E-state index is -1.04. The summed E-state index contributed by atoms with van der Waals surface area (Å²) in [5.41, 5.74) is 0.368. The van der Waals surface area contributed by atoms with E-state index in [9.17, 15) is 9.59 Å². The molecule has 4 fully saturated rings. The second-order valence-electron chi connectivity index (χ2n) is 9.37. The standard InChI is InChI=1S/C20H24BrFO2/c1-18-9-15(22)20(21)14(16(18)12-8-13(12)17(18)24)4-3-10-7-11(23)5-6-19(10,20)2/h7,12-16H,3-6,8-9H2,1-2H3/t12-,13+,14?,15+,16?,18+,19+,20+/m1/s1. The van der Waals surface area contributed by atoms with Gasteiger partial charge in [0.2, 0.25) is 0 Å². The molecule has 4 saturated carbocycles. The highest BCUT2D eigenvalue weighted by atomic mass is 79.9. The smallest absolute Gasteiger partial charge is 0.155 e. The van der Waals surface area contributed by atoms with Gasteiger partial charge in [0, 0.05) is 23.2 Å². The fraction of sp³-hybridized carbons (Fsp3) is 0.800. The van der Waals surface area contributed by atoms with Gasteiger partial charge in [-0.25, -0.2) is 4.39 Å². The zero-order valence-electron chi connectivity index (χ0n) is 14.3. The van der Waals surface area contributed by atoms with Gasteiger partial charge >= 0.3 is 0 Å². The van der Waals surface area contributed by atoms with Crippen LogP contribution in [0.5, 0.6) is 0 Å². The van der Waals surface area contributed by atoms with Gasteiger partial charge in [0.15, 0.2) is 5.78 Å². The molecule has 0 bridgehead atoms. The Bertz CT molecular complexity index is 702. The quantitative estimate of drug-likeness (QED) is 0.570. The molecular formula is C20H24BrFO2. The summed E-state index contributed by atoms with van der Waals surface area (Å²) in [4.78, 5) is 24.7. The molecule has 0 aliphatic heterocycles. The number of alkyl halides is 2. The minimum absolute atomic E-state index is 0.186. The summed E-state index contributed by atoms with van der Waals surface area (Å²) in [5, 5.41) is 0. The summed E-state index contributed by atoms with van der Waals surface area (Å²) >= 11 is 3.94. The molecule has 4 heteroatoms. The second-order valence-corrected chi connectivity index (χ2v) is 10.7. The molecule has 130 valence electrons. The van der Waals surface area contributed by atoms with Crippen LogP contribution in [0.2, 0.25) is 0 Å². The Balaban J connectivity index is 1.65. The normalized spacial score (nSPS) is 58.3. The van der Waals surface area contributed by atoms with E-state index in [-0.39, 0.29) is 23.0 Å². The number of hydrogen-bond acceptors (Lipinski definition) is 2. The average Bonchev–Trinajstić information content (AvgIpc) is 3.26. The van der Waals surface area contributed by atoms with Crippen LogP contribution in [0, 0.1) is 34.5 Å². The zero-order chi connectivity index (χ0) is 17.1. The fourth-order valence-electron chi connectivity index (χ4n) is 7.17. The first-order valence-corrected chi connectivity index (χ1v) is 10.1. The van der Waals surface area contributed by atoms with Crippen LogP contribution in [0.4, 0.5) is 4.39 Å². The molecule has 24 heavy (non-hydrogen) atoms. The van der Waals surface area contributed by atoms with Gasteiger partial charge in [-0.05, 0) is 55.9 Å². The molecule has 5 aliphatic carbocycles. The van der Waals surface area contributed by atoms with Gasteiger partial charge in [-0.15, -0.1) is 0 Å². The highest BCUT2D eigenvalue weighted by molar-refractivity contribution is 9.10. The number of Topliss-reactive ketones (excluding diaryl/α,β-unsaturated/α-hetero) is 1. The van der Waals surface area contributed by atoms with Gasteiger partial charge in [0.05, 0.1) is 4.32 Å². The number of rotatable bonds is 0. The van der Waals surface area contributed by atoms with Crippen LogP contribution in [0.1, 0.15) is 52.4 Å². The van der Waals surface area contributed by atoms with E-state index in [0.29, 0.717) is 30.5 Å². The Morgan fingerprint density at radius 1 is 1.25 bits per heavy atom. The molecule has 0 aromatic carbocycles. The van der Waals surface area contributed by atoms with Crippen LogP contribution in [0.15, 0.2) is 11.6 Å². The number of allylic oxidation sites excluding steroid dienone is 1. The van der Waals surface area contributed by atoms with Crippen molar-refractivity contribution in [2.75, 3.05) is 0 Å². The van der Waals surface area contributed by atoms with Gasteiger partial charge in [-0.2, -0.15) is 0 Å². The van der Waals surface area contributed by atoms with E-state index in [1.807, 2.05) is 6.92 Å². The van der Waals surface area contributed by atoms with Crippen molar-refractivity contribution < 1.29 is 14.0 Å². The molecule has 5 aliphatic rings. The van der Waals surface area contributed by atoms with E-state index in [2.05, 4.69) is 22.9 Å². The Morgan fingerprint density at radius 2 is 2.00 bits per heavy atom. The topological polar surface area (TPSA) is 34.1 Å². The molecular weight excluding hydrogens is 371 g/mol. The van der Waals surface area contributed by atoms with Crippen molar-refractivity contribution in [2.45, 2.75) is 62.9 Å². The number of carbonyl (C=O) groups excluding carboxylic acids is 2. The lowest BCUT2D eigenvalue weighted by Gasteiger charge is -2.63. The van der Waals surface area contributed by atoms with Crippen LogP contribution < -0.4 is 0 Å². The van der Waals surface area contributed by atoms with Gasteiger partial charge in [-0.3, -0.25) is 9.59 Å². The molecule has 8 atom stereocenters. The van der Waals surface area contributed by atoms with Crippen molar-refractivity contribution >= 4 is 27.5 Å². The maximum atomic E-state index is 15.7. The second kappa shape index (κ2) is 4.42. The summed E-state index contributed by atoms with van der Waals surface area (Å²) < 4.78 is 15.1. The first-order valence-electron chi connectivity index (χ1n) is 9.34. The predicted octanol–water partition coefficient (Wildman–Crippen LogP) is 4.41. The maximum Gasteiger partial charge on any atom is 0.155 e. The lowest BCUT2D eigenvalue weighted by Crippen LogP contribution is -2.65. The monoisotopic (exact) mass is 394 g/mol. The first-order chi connectivity index (χ1) is 11.2. The summed E-state index contributed by atoms with van der Waals surface area (Å²) in [6, 6.07) is 0. The third-order valence-corrected chi connectivity index (χ3v) is 10.4. The average molecular weight is 395 g/mol. The minimum Gasteiger partial charge on any atom is -0.299 e. The van der Waals surface area contributed by atoms with E-state index in [1.165, 1.54) is 0 Å². The zero-order valence-corrected chi connectivity index (χ0v) is 15.9. The molecule has 0 saturated heterocycles. The van der Waals surface area contributed by atoms with Crippen molar-refractivity contribution in [3.05, 3.63) is 11.6 Å². The number of carbonyl (C=O) groups is 2. The Kier molecular flexibility index (Phi) is 2.89. The van der Waals surface area contributed by atoms with Crippen LogP contribution in [0.25, 0.3) is 0 Å². The van der Waals surface area contributed by atoms with Crippen LogP contribution in [-0.2, 0) is 9.59 Å². The Hall–Kier alpha value is -0.510. The summed E-state index contributed by atoms with van der Waals surface area (Å²) in [6.45, 7) is 4.19. The number of halogens is 2. The fourth-order valence-corrected chi connectivity index (χ4v) is 8.30. The van der Waals surface area contributed by atoms with Gasteiger partial charge in [0.25, 0.3) is 0 Å². The number of fused-ring (bicyclic) bond motifs is 7.